The Hall–Kier alpha value is -1.92. The van der Waals surface area contributed by atoms with E-state index in [2.05, 4.69) is 0 Å². The second kappa shape index (κ2) is 6.53. The number of carbonyl (C=O) groups excluding carboxylic acids is 3. The van der Waals surface area contributed by atoms with Crippen LogP contribution < -0.4 is 15.5 Å². The van der Waals surface area contributed by atoms with Gasteiger partial charge in [-0.3, -0.25) is 14.4 Å². The predicted octanol–water partition coefficient (Wildman–Crippen LogP) is 0.0605. The smallest absolute Gasteiger partial charge is 0.292 e. The van der Waals surface area contributed by atoms with Gasteiger partial charge in [0.25, 0.3) is 5.91 Å². The Balaban J connectivity index is 1.75. The van der Waals surface area contributed by atoms with Crippen molar-refractivity contribution in [1.29, 1.82) is 0 Å². The molecule has 7 heteroatoms. The Morgan fingerprint density at radius 1 is 1.29 bits per heavy atom. The third-order valence-electron chi connectivity index (χ3n) is 5.08. The molecule has 3 amide bonds. The third kappa shape index (κ3) is 3.03. The molecule has 3 rings (SSSR count). The number of primary amides is 1. The molecular weight excluding hydrogens is 330 g/mol. The maximum atomic E-state index is 12.8. The summed E-state index contributed by atoms with van der Waals surface area (Å²) in [5.41, 5.74) is 6.77. The van der Waals surface area contributed by atoms with E-state index in [1.807, 2.05) is 6.92 Å². The van der Waals surface area contributed by atoms with Gasteiger partial charge in [-0.2, -0.15) is 0 Å². The van der Waals surface area contributed by atoms with E-state index in [1.165, 1.54) is 4.90 Å². The number of nitrogens with zero attached hydrogens (tertiary/aromatic N) is 1. The summed E-state index contributed by atoms with van der Waals surface area (Å²) in [6, 6.07) is 4.82. The van der Waals surface area contributed by atoms with Crippen LogP contribution in [0.5, 0.6) is 0 Å². The first-order chi connectivity index (χ1) is 11.4. The molecule has 0 saturated carbocycles. The van der Waals surface area contributed by atoms with Gasteiger partial charge in [0.2, 0.25) is 11.8 Å². The van der Waals surface area contributed by atoms with Gasteiger partial charge in [0.1, 0.15) is 0 Å². The standard InChI is InChI=1S/C17H20ClN3O3/c1-10-2-3-12(8-13(10)18)21-15(22)9-14(17(21)24)20-6-4-11(5-7-20)16(19)23/h2-3,8,11,14H,4-7,9H2,1H3,(H2,19,23)/p+1/t14-/m1/s1. The van der Waals surface area contributed by atoms with E-state index < -0.39 is 0 Å². The number of amides is 3. The molecule has 2 aliphatic rings. The van der Waals surface area contributed by atoms with Crippen LogP contribution in [0.4, 0.5) is 5.69 Å². The zero-order chi connectivity index (χ0) is 17.4. The number of carbonyl (C=O) groups is 3. The number of piperidine rings is 1. The zero-order valence-corrected chi connectivity index (χ0v) is 14.3. The summed E-state index contributed by atoms with van der Waals surface area (Å²) in [7, 11) is 0. The van der Waals surface area contributed by atoms with Crippen LogP contribution in [0.3, 0.4) is 0 Å². The fourth-order valence-electron chi connectivity index (χ4n) is 3.56. The third-order valence-corrected chi connectivity index (χ3v) is 5.49. The van der Waals surface area contributed by atoms with Crippen molar-refractivity contribution >= 4 is 35.0 Å². The molecule has 3 N–H and O–H groups in total. The Kier molecular flexibility index (Phi) is 4.60. The molecule has 0 radical (unpaired) electrons. The van der Waals surface area contributed by atoms with E-state index in [0.29, 0.717) is 36.6 Å². The number of aryl methyl sites for hydroxylation is 1. The number of halogens is 1. The Labute approximate surface area is 145 Å². The van der Waals surface area contributed by atoms with Gasteiger partial charge >= 0.3 is 0 Å². The molecule has 1 aromatic rings. The summed E-state index contributed by atoms with van der Waals surface area (Å²) >= 11 is 6.12. The van der Waals surface area contributed by atoms with Crippen molar-refractivity contribution in [2.75, 3.05) is 18.0 Å². The van der Waals surface area contributed by atoms with Crippen LogP contribution in [0.15, 0.2) is 18.2 Å². The molecule has 0 spiro atoms. The van der Waals surface area contributed by atoms with Crippen molar-refractivity contribution in [3.63, 3.8) is 0 Å². The van der Waals surface area contributed by atoms with Crippen LogP contribution in [-0.4, -0.2) is 36.9 Å². The highest BCUT2D eigenvalue weighted by Crippen LogP contribution is 2.27. The van der Waals surface area contributed by atoms with Crippen molar-refractivity contribution in [2.24, 2.45) is 11.7 Å². The maximum absolute atomic E-state index is 12.8. The lowest BCUT2D eigenvalue weighted by Crippen LogP contribution is -3.17. The number of imide groups is 1. The molecule has 2 aliphatic heterocycles. The largest absolute Gasteiger partial charge is 0.369 e. The molecule has 1 atom stereocenters. The minimum absolute atomic E-state index is 0.118. The second-order valence-corrected chi connectivity index (χ2v) is 7.00. The Morgan fingerprint density at radius 3 is 2.54 bits per heavy atom. The number of nitrogens with two attached hydrogens (primary N) is 1. The lowest BCUT2D eigenvalue weighted by atomic mass is 9.95. The first kappa shape index (κ1) is 16.9. The molecule has 2 heterocycles. The fraction of sp³-hybridized carbons (Fsp3) is 0.471. The van der Waals surface area contributed by atoms with Crippen molar-refractivity contribution < 1.29 is 19.3 Å². The van der Waals surface area contributed by atoms with E-state index >= 15 is 0 Å². The molecular formula is C17H21ClN3O3+. The van der Waals surface area contributed by atoms with Gasteiger partial charge in [-0.25, -0.2) is 4.90 Å². The van der Waals surface area contributed by atoms with Gasteiger partial charge in [-0.05, 0) is 24.6 Å². The highest BCUT2D eigenvalue weighted by Gasteiger charge is 2.46. The summed E-state index contributed by atoms with van der Waals surface area (Å²) in [6.07, 6.45) is 1.53. The van der Waals surface area contributed by atoms with Crippen molar-refractivity contribution in [2.45, 2.75) is 32.2 Å². The minimum atomic E-state index is -0.383. The number of hydrogen-bond acceptors (Lipinski definition) is 3. The highest BCUT2D eigenvalue weighted by molar-refractivity contribution is 6.32. The molecule has 6 nitrogen and oxygen atoms in total. The Morgan fingerprint density at radius 2 is 1.96 bits per heavy atom. The van der Waals surface area contributed by atoms with E-state index in [9.17, 15) is 14.4 Å². The molecule has 128 valence electrons. The van der Waals surface area contributed by atoms with Crippen LogP contribution >= 0.6 is 11.6 Å². The first-order valence-electron chi connectivity index (χ1n) is 8.15. The zero-order valence-electron chi connectivity index (χ0n) is 13.5. The number of hydrogen-bond donors (Lipinski definition) is 2. The van der Waals surface area contributed by atoms with Gasteiger partial charge in [0, 0.05) is 23.8 Å². The van der Waals surface area contributed by atoms with Crippen molar-refractivity contribution in [1.82, 2.24) is 0 Å². The van der Waals surface area contributed by atoms with Gasteiger partial charge in [-0.1, -0.05) is 17.7 Å². The van der Waals surface area contributed by atoms with Crippen LogP contribution in [0.25, 0.3) is 0 Å². The number of nitrogens with one attached hydrogen (secondary N) is 1. The molecule has 0 bridgehead atoms. The summed E-state index contributed by atoms with van der Waals surface area (Å²) < 4.78 is 0. The predicted molar refractivity (Wildman–Crippen MR) is 89.7 cm³/mol. The highest BCUT2D eigenvalue weighted by atomic mass is 35.5. The van der Waals surface area contributed by atoms with Crippen LogP contribution in [-0.2, 0) is 14.4 Å². The number of likely N-dealkylation sites (tertiary alicyclic amines) is 1. The van der Waals surface area contributed by atoms with E-state index in [0.717, 1.165) is 10.5 Å². The molecule has 1 aromatic carbocycles. The first-order valence-corrected chi connectivity index (χ1v) is 8.53. The SMILES string of the molecule is Cc1ccc(N2C(=O)C[C@@H]([NH+]3CCC(C(N)=O)CC3)C2=O)cc1Cl. The fourth-order valence-corrected chi connectivity index (χ4v) is 3.74. The average Bonchev–Trinajstić information content (AvgIpc) is 2.85. The van der Waals surface area contributed by atoms with Gasteiger partial charge in [0.15, 0.2) is 6.04 Å². The minimum Gasteiger partial charge on any atom is -0.369 e. The lowest BCUT2D eigenvalue weighted by molar-refractivity contribution is -0.920. The molecule has 2 saturated heterocycles. The van der Waals surface area contributed by atoms with Gasteiger partial charge in [0.05, 0.1) is 25.2 Å². The summed E-state index contributed by atoms with van der Waals surface area (Å²) in [5.74, 6) is -0.784. The molecule has 0 unspecified atom stereocenters. The van der Waals surface area contributed by atoms with Crippen LogP contribution in [0.1, 0.15) is 24.8 Å². The molecule has 0 aliphatic carbocycles. The summed E-state index contributed by atoms with van der Waals surface area (Å²) in [6.45, 7) is 3.23. The summed E-state index contributed by atoms with van der Waals surface area (Å²) in [4.78, 5) is 38.7. The van der Waals surface area contributed by atoms with E-state index in [4.69, 9.17) is 17.3 Å². The quantitative estimate of drug-likeness (QED) is 0.756. The van der Waals surface area contributed by atoms with Crippen LogP contribution in [0, 0.1) is 12.8 Å². The second-order valence-electron chi connectivity index (χ2n) is 6.59. The van der Waals surface area contributed by atoms with Gasteiger partial charge < -0.3 is 10.6 Å². The van der Waals surface area contributed by atoms with Crippen molar-refractivity contribution in [3.8, 4) is 0 Å². The van der Waals surface area contributed by atoms with E-state index in [1.54, 1.807) is 18.2 Å². The monoisotopic (exact) mass is 350 g/mol. The number of rotatable bonds is 3. The number of benzene rings is 1. The number of anilines is 1. The Bertz CT molecular complexity index is 698. The molecule has 24 heavy (non-hydrogen) atoms. The number of quaternary nitrogens is 1. The topological polar surface area (TPSA) is 84.9 Å². The van der Waals surface area contributed by atoms with Crippen molar-refractivity contribution in [3.05, 3.63) is 28.8 Å². The normalized spacial score (nSPS) is 27.6. The summed E-state index contributed by atoms with van der Waals surface area (Å²) in [5, 5.41) is 0.533. The molecule has 0 aromatic heterocycles. The van der Waals surface area contributed by atoms with Gasteiger partial charge in [-0.15, -0.1) is 0 Å². The average molecular weight is 351 g/mol. The maximum Gasteiger partial charge on any atom is 0.292 e. The van der Waals surface area contributed by atoms with E-state index in [-0.39, 0.29) is 36.1 Å². The lowest BCUT2D eigenvalue weighted by Gasteiger charge is -2.30. The van der Waals surface area contributed by atoms with Crippen LogP contribution in [0.2, 0.25) is 5.02 Å². The molecule has 2 fully saturated rings.